The van der Waals surface area contributed by atoms with Gasteiger partial charge in [-0.1, -0.05) is 6.08 Å². The zero-order chi connectivity index (χ0) is 8.39. The van der Waals surface area contributed by atoms with Crippen LogP contribution in [0.15, 0.2) is 30.6 Å². The first-order valence-corrected chi connectivity index (χ1v) is 4.51. The normalized spacial score (nSPS) is 15.0. The molecule has 2 heteroatoms. The van der Waals surface area contributed by atoms with E-state index in [4.69, 9.17) is 0 Å². The number of aryl methyl sites for hydroxylation is 1. The van der Waals surface area contributed by atoms with Crippen LogP contribution in [-0.2, 0) is 7.05 Å². The van der Waals surface area contributed by atoms with Crippen molar-refractivity contribution in [1.29, 1.82) is 0 Å². The van der Waals surface area contributed by atoms with Gasteiger partial charge >= 0.3 is 0 Å². The number of nitrogens with zero attached hydrogens (tertiary/aromatic N) is 1. The zero-order valence-corrected chi connectivity index (χ0v) is 9.99. The van der Waals surface area contributed by atoms with Crippen LogP contribution >= 0.6 is 0 Å². The maximum absolute atomic E-state index is 2.36. The molecule has 1 aromatic heterocycles. The summed E-state index contributed by atoms with van der Waals surface area (Å²) in [5.41, 5.74) is 2.91. The van der Waals surface area contributed by atoms with Crippen molar-refractivity contribution in [1.82, 2.24) is 0 Å². The topological polar surface area (TPSA) is 3.88 Å². The minimum Gasteiger partial charge on any atom is -1.00 e. The standard InChI is InChI=1S/C11H14N.HI/c1-12-8-4-7-11(9-12)10-5-2-3-6-10;/h4-5,7-9H,2-3,6H2,1H3;1H/q+1;/p-1. The Hall–Kier alpha value is -0.380. The van der Waals surface area contributed by atoms with Crippen molar-refractivity contribution >= 4 is 5.57 Å². The third kappa shape index (κ3) is 2.53. The van der Waals surface area contributed by atoms with Crippen LogP contribution in [0, 0.1) is 0 Å². The lowest BCUT2D eigenvalue weighted by atomic mass is 10.1. The van der Waals surface area contributed by atoms with Gasteiger partial charge in [0.2, 0.25) is 0 Å². The highest BCUT2D eigenvalue weighted by Gasteiger charge is 2.08. The van der Waals surface area contributed by atoms with E-state index in [1.165, 1.54) is 30.4 Å². The molecule has 0 spiro atoms. The van der Waals surface area contributed by atoms with Gasteiger partial charge in [0.1, 0.15) is 7.05 Å². The smallest absolute Gasteiger partial charge is 0.176 e. The SMILES string of the molecule is C[n+]1cccc(C2=CCCC2)c1.[I-]. The Kier molecular flexibility index (Phi) is 3.90. The van der Waals surface area contributed by atoms with Gasteiger partial charge < -0.3 is 24.0 Å². The Morgan fingerprint density at radius 2 is 2.23 bits per heavy atom. The Balaban J connectivity index is 0.000000845. The second kappa shape index (κ2) is 4.74. The van der Waals surface area contributed by atoms with Crippen LogP contribution < -0.4 is 28.5 Å². The number of hydrogen-bond acceptors (Lipinski definition) is 0. The first-order valence-electron chi connectivity index (χ1n) is 4.51. The molecule has 1 aliphatic rings. The van der Waals surface area contributed by atoms with E-state index >= 15 is 0 Å². The van der Waals surface area contributed by atoms with E-state index < -0.39 is 0 Å². The van der Waals surface area contributed by atoms with Gasteiger partial charge in [0.15, 0.2) is 12.4 Å². The van der Waals surface area contributed by atoms with Crippen molar-refractivity contribution in [3.63, 3.8) is 0 Å². The van der Waals surface area contributed by atoms with Gasteiger partial charge in [0, 0.05) is 11.6 Å². The fourth-order valence-electron chi connectivity index (χ4n) is 1.71. The number of allylic oxidation sites excluding steroid dienone is 2. The van der Waals surface area contributed by atoms with E-state index in [-0.39, 0.29) is 24.0 Å². The number of halogens is 1. The molecule has 0 atom stereocenters. The van der Waals surface area contributed by atoms with Crippen LogP contribution in [0.1, 0.15) is 24.8 Å². The summed E-state index contributed by atoms with van der Waals surface area (Å²) in [7, 11) is 2.07. The number of hydrogen-bond donors (Lipinski definition) is 0. The zero-order valence-electron chi connectivity index (χ0n) is 7.83. The minimum absolute atomic E-state index is 0. The maximum Gasteiger partial charge on any atom is 0.176 e. The fourth-order valence-corrected chi connectivity index (χ4v) is 1.71. The van der Waals surface area contributed by atoms with Crippen LogP contribution in [-0.4, -0.2) is 0 Å². The number of rotatable bonds is 1. The molecule has 0 saturated carbocycles. The van der Waals surface area contributed by atoms with Crippen molar-refractivity contribution in [2.75, 3.05) is 0 Å². The van der Waals surface area contributed by atoms with Gasteiger partial charge in [-0.2, -0.15) is 0 Å². The molecular formula is C11H14IN. The van der Waals surface area contributed by atoms with E-state index in [1.807, 2.05) is 0 Å². The van der Waals surface area contributed by atoms with E-state index in [9.17, 15) is 0 Å². The van der Waals surface area contributed by atoms with Gasteiger partial charge in [-0.05, 0) is 30.9 Å². The highest BCUT2D eigenvalue weighted by molar-refractivity contribution is 5.65. The van der Waals surface area contributed by atoms with Gasteiger partial charge in [-0.3, -0.25) is 0 Å². The third-order valence-corrected chi connectivity index (χ3v) is 2.35. The molecule has 1 aliphatic carbocycles. The van der Waals surface area contributed by atoms with Crippen LogP contribution in [0.2, 0.25) is 0 Å². The predicted octanol–water partition coefficient (Wildman–Crippen LogP) is -0.918. The van der Waals surface area contributed by atoms with Crippen LogP contribution in [0.4, 0.5) is 0 Å². The summed E-state index contributed by atoms with van der Waals surface area (Å²) in [6.45, 7) is 0. The average Bonchev–Trinajstić information content (AvgIpc) is 2.56. The Morgan fingerprint density at radius 1 is 1.38 bits per heavy atom. The summed E-state index contributed by atoms with van der Waals surface area (Å²) in [5.74, 6) is 0. The Bertz CT molecular complexity index is 318. The molecule has 1 aromatic rings. The summed E-state index contributed by atoms with van der Waals surface area (Å²) >= 11 is 0. The predicted molar refractivity (Wildman–Crippen MR) is 49.4 cm³/mol. The van der Waals surface area contributed by atoms with Gasteiger partial charge in [-0.15, -0.1) is 0 Å². The number of pyridine rings is 1. The highest BCUT2D eigenvalue weighted by Crippen LogP contribution is 2.26. The lowest BCUT2D eigenvalue weighted by molar-refractivity contribution is -0.671. The molecule has 0 aliphatic heterocycles. The van der Waals surface area contributed by atoms with Crippen molar-refractivity contribution in [2.45, 2.75) is 19.3 Å². The second-order valence-corrected chi connectivity index (χ2v) is 3.38. The average molecular weight is 287 g/mol. The maximum atomic E-state index is 2.36. The summed E-state index contributed by atoms with van der Waals surface area (Å²) < 4.78 is 2.11. The molecule has 0 radical (unpaired) electrons. The first-order chi connectivity index (χ1) is 5.86. The summed E-state index contributed by atoms with van der Waals surface area (Å²) in [6.07, 6.45) is 10.5. The van der Waals surface area contributed by atoms with E-state index in [0.717, 1.165) is 0 Å². The van der Waals surface area contributed by atoms with Crippen molar-refractivity contribution in [2.24, 2.45) is 7.05 Å². The molecule has 0 aromatic carbocycles. The molecule has 0 unspecified atom stereocenters. The van der Waals surface area contributed by atoms with Gasteiger partial charge in [-0.25, -0.2) is 4.57 Å². The summed E-state index contributed by atoms with van der Waals surface area (Å²) in [4.78, 5) is 0. The largest absolute Gasteiger partial charge is 1.00 e. The van der Waals surface area contributed by atoms with E-state index in [0.29, 0.717) is 0 Å². The van der Waals surface area contributed by atoms with Crippen molar-refractivity contribution in [3.05, 3.63) is 36.2 Å². The number of aromatic nitrogens is 1. The molecule has 70 valence electrons. The molecule has 13 heavy (non-hydrogen) atoms. The fraction of sp³-hybridized carbons (Fsp3) is 0.364. The van der Waals surface area contributed by atoms with Crippen molar-refractivity contribution in [3.8, 4) is 0 Å². The van der Waals surface area contributed by atoms with E-state index in [1.54, 1.807) is 0 Å². The molecule has 1 nitrogen and oxygen atoms in total. The lowest BCUT2D eigenvalue weighted by Crippen LogP contribution is -3.00. The minimum atomic E-state index is 0. The Labute approximate surface area is 96.5 Å². The molecule has 0 bridgehead atoms. The molecule has 0 N–H and O–H groups in total. The monoisotopic (exact) mass is 287 g/mol. The molecule has 0 amide bonds. The van der Waals surface area contributed by atoms with E-state index in [2.05, 4.69) is 42.2 Å². The molecule has 1 heterocycles. The summed E-state index contributed by atoms with van der Waals surface area (Å²) in [5, 5.41) is 0. The second-order valence-electron chi connectivity index (χ2n) is 3.38. The highest BCUT2D eigenvalue weighted by atomic mass is 127. The molecular weight excluding hydrogens is 273 g/mol. The summed E-state index contributed by atoms with van der Waals surface area (Å²) in [6, 6.07) is 4.30. The molecule has 2 rings (SSSR count). The lowest BCUT2D eigenvalue weighted by Gasteiger charge is -1.98. The van der Waals surface area contributed by atoms with Crippen LogP contribution in [0.25, 0.3) is 5.57 Å². The van der Waals surface area contributed by atoms with Crippen LogP contribution in [0.5, 0.6) is 0 Å². The van der Waals surface area contributed by atoms with Gasteiger partial charge in [0.05, 0.1) is 0 Å². The molecule has 0 fully saturated rings. The first kappa shape index (κ1) is 10.7. The van der Waals surface area contributed by atoms with Gasteiger partial charge in [0.25, 0.3) is 0 Å². The Morgan fingerprint density at radius 3 is 2.85 bits per heavy atom. The van der Waals surface area contributed by atoms with Crippen LogP contribution in [0.3, 0.4) is 0 Å². The quantitative estimate of drug-likeness (QED) is 0.465. The molecule has 0 saturated heterocycles. The third-order valence-electron chi connectivity index (χ3n) is 2.35. The van der Waals surface area contributed by atoms with Crippen molar-refractivity contribution < 1.29 is 28.5 Å².